The molecule has 0 aliphatic carbocycles. The van der Waals surface area contributed by atoms with Crippen molar-refractivity contribution < 1.29 is 13.2 Å². The van der Waals surface area contributed by atoms with Gasteiger partial charge in [0, 0.05) is 18.9 Å². The summed E-state index contributed by atoms with van der Waals surface area (Å²) in [4.78, 5) is 4.14. The fourth-order valence-electron chi connectivity index (χ4n) is 1.88. The third-order valence-electron chi connectivity index (χ3n) is 2.96. The highest BCUT2D eigenvalue weighted by molar-refractivity contribution is 5.61. The Kier molecular flexibility index (Phi) is 3.20. The molecule has 1 aromatic carbocycles. The molecule has 3 rings (SSSR count). The normalized spacial score (nSPS) is 11.8. The molecule has 108 valence electrons. The van der Waals surface area contributed by atoms with Crippen molar-refractivity contribution in [3.63, 3.8) is 0 Å². The van der Waals surface area contributed by atoms with Gasteiger partial charge in [0.25, 0.3) is 0 Å². The summed E-state index contributed by atoms with van der Waals surface area (Å²) >= 11 is 0. The van der Waals surface area contributed by atoms with Crippen molar-refractivity contribution in [1.82, 2.24) is 19.6 Å². The zero-order valence-electron chi connectivity index (χ0n) is 10.7. The lowest BCUT2D eigenvalue weighted by molar-refractivity contribution is -0.137. The first-order chi connectivity index (χ1) is 10.0. The van der Waals surface area contributed by atoms with Gasteiger partial charge in [-0.2, -0.15) is 13.2 Å². The van der Waals surface area contributed by atoms with Gasteiger partial charge in [0.15, 0.2) is 5.82 Å². The topological polar surface area (TPSA) is 55.1 Å². The van der Waals surface area contributed by atoms with E-state index in [0.29, 0.717) is 23.6 Å². The van der Waals surface area contributed by atoms with Crippen LogP contribution < -0.4 is 5.32 Å². The zero-order chi connectivity index (χ0) is 14.9. The molecule has 0 bridgehead atoms. The van der Waals surface area contributed by atoms with Gasteiger partial charge in [-0.25, -0.2) is 4.98 Å². The lowest BCUT2D eigenvalue weighted by atomic mass is 10.1. The average Bonchev–Trinajstić information content (AvgIpc) is 2.93. The Morgan fingerprint density at radius 2 is 1.90 bits per heavy atom. The summed E-state index contributed by atoms with van der Waals surface area (Å²) in [6.45, 7) is 0.345. The van der Waals surface area contributed by atoms with Gasteiger partial charge in [-0.3, -0.25) is 4.40 Å². The highest BCUT2D eigenvalue weighted by Crippen LogP contribution is 2.29. The SMILES string of the molecule is FC(F)(F)c1ccc(CNc2nccn3cnnc23)cc1. The Bertz CT molecular complexity index is 748. The van der Waals surface area contributed by atoms with E-state index in [2.05, 4.69) is 20.5 Å². The molecular formula is C13H10F3N5. The van der Waals surface area contributed by atoms with Crippen LogP contribution in [0.4, 0.5) is 19.0 Å². The van der Waals surface area contributed by atoms with E-state index in [4.69, 9.17) is 0 Å². The van der Waals surface area contributed by atoms with Gasteiger partial charge in [-0.15, -0.1) is 10.2 Å². The molecule has 5 nitrogen and oxygen atoms in total. The molecule has 1 N–H and O–H groups in total. The van der Waals surface area contributed by atoms with E-state index >= 15 is 0 Å². The van der Waals surface area contributed by atoms with Gasteiger partial charge in [-0.1, -0.05) is 12.1 Å². The van der Waals surface area contributed by atoms with Crippen LogP contribution in [0.5, 0.6) is 0 Å². The van der Waals surface area contributed by atoms with Crippen LogP contribution in [0.2, 0.25) is 0 Å². The quantitative estimate of drug-likeness (QED) is 0.806. The van der Waals surface area contributed by atoms with Crippen molar-refractivity contribution in [1.29, 1.82) is 0 Å². The second kappa shape index (κ2) is 5.04. The Labute approximate surface area is 117 Å². The molecule has 0 saturated heterocycles. The van der Waals surface area contributed by atoms with E-state index in [1.54, 1.807) is 23.1 Å². The number of rotatable bonds is 3. The largest absolute Gasteiger partial charge is 0.416 e. The van der Waals surface area contributed by atoms with Gasteiger partial charge >= 0.3 is 6.18 Å². The molecule has 0 fully saturated rings. The van der Waals surface area contributed by atoms with E-state index in [-0.39, 0.29) is 0 Å². The number of alkyl halides is 3. The molecule has 0 unspecified atom stereocenters. The van der Waals surface area contributed by atoms with Crippen LogP contribution in [0.15, 0.2) is 43.0 Å². The minimum atomic E-state index is -4.32. The maximum absolute atomic E-state index is 12.5. The Balaban J connectivity index is 1.74. The van der Waals surface area contributed by atoms with E-state index in [1.165, 1.54) is 12.1 Å². The van der Waals surface area contributed by atoms with Crippen LogP contribution in [-0.2, 0) is 12.7 Å². The van der Waals surface area contributed by atoms with Gasteiger partial charge in [0.1, 0.15) is 6.33 Å². The standard InChI is InChI=1S/C13H10F3N5/c14-13(15,16)10-3-1-9(2-4-10)7-18-11-12-20-19-8-21(12)6-5-17-11/h1-6,8H,7H2,(H,17,18). The monoisotopic (exact) mass is 293 g/mol. The maximum atomic E-state index is 12.5. The van der Waals surface area contributed by atoms with Crippen LogP contribution >= 0.6 is 0 Å². The molecule has 0 aliphatic rings. The first-order valence-corrected chi connectivity index (χ1v) is 6.08. The molecule has 3 aromatic rings. The van der Waals surface area contributed by atoms with Crippen LogP contribution in [-0.4, -0.2) is 19.6 Å². The van der Waals surface area contributed by atoms with Crippen molar-refractivity contribution in [3.05, 3.63) is 54.1 Å². The molecule has 0 aliphatic heterocycles. The van der Waals surface area contributed by atoms with Crippen molar-refractivity contribution >= 4 is 11.5 Å². The number of benzene rings is 1. The molecular weight excluding hydrogens is 283 g/mol. The van der Waals surface area contributed by atoms with Crippen molar-refractivity contribution in [2.45, 2.75) is 12.7 Å². The Morgan fingerprint density at radius 3 is 2.62 bits per heavy atom. The second-order valence-corrected chi connectivity index (χ2v) is 4.39. The lowest BCUT2D eigenvalue weighted by Gasteiger charge is -2.09. The molecule has 2 heterocycles. The number of nitrogens with zero attached hydrogens (tertiary/aromatic N) is 4. The number of hydrogen-bond donors (Lipinski definition) is 1. The second-order valence-electron chi connectivity index (χ2n) is 4.39. The van der Waals surface area contributed by atoms with Gasteiger partial charge in [0.05, 0.1) is 5.56 Å². The van der Waals surface area contributed by atoms with Crippen LogP contribution in [0.25, 0.3) is 5.65 Å². The smallest absolute Gasteiger partial charge is 0.363 e. The van der Waals surface area contributed by atoms with Crippen LogP contribution in [0, 0.1) is 0 Å². The summed E-state index contributed by atoms with van der Waals surface area (Å²) in [6.07, 6.45) is 0.519. The molecule has 0 amide bonds. The van der Waals surface area contributed by atoms with Crippen LogP contribution in [0.3, 0.4) is 0 Å². The fourth-order valence-corrected chi connectivity index (χ4v) is 1.88. The summed E-state index contributed by atoms with van der Waals surface area (Å²) in [6, 6.07) is 4.98. The summed E-state index contributed by atoms with van der Waals surface area (Å²) < 4.78 is 39.1. The first kappa shape index (κ1) is 13.3. The third kappa shape index (κ3) is 2.78. The molecule has 0 radical (unpaired) electrons. The summed E-state index contributed by atoms with van der Waals surface area (Å²) in [5.41, 5.74) is 0.611. The number of nitrogens with one attached hydrogen (secondary N) is 1. The van der Waals surface area contributed by atoms with Crippen molar-refractivity contribution in [2.24, 2.45) is 0 Å². The highest BCUT2D eigenvalue weighted by Gasteiger charge is 2.29. The third-order valence-corrected chi connectivity index (χ3v) is 2.96. The highest BCUT2D eigenvalue weighted by atomic mass is 19.4. The number of halogens is 3. The minimum Gasteiger partial charge on any atom is -0.363 e. The van der Waals surface area contributed by atoms with E-state index in [1.807, 2.05) is 0 Å². The predicted molar refractivity (Wildman–Crippen MR) is 69.6 cm³/mol. The Hall–Kier alpha value is -2.64. The predicted octanol–water partition coefficient (Wildman–Crippen LogP) is 2.76. The maximum Gasteiger partial charge on any atom is 0.416 e. The van der Waals surface area contributed by atoms with Crippen molar-refractivity contribution in [3.8, 4) is 0 Å². The average molecular weight is 293 g/mol. The zero-order valence-corrected chi connectivity index (χ0v) is 10.7. The molecule has 0 spiro atoms. The van der Waals surface area contributed by atoms with Crippen molar-refractivity contribution in [2.75, 3.05) is 5.32 Å². The van der Waals surface area contributed by atoms with E-state index in [9.17, 15) is 13.2 Å². The summed E-state index contributed by atoms with van der Waals surface area (Å²) in [7, 11) is 0. The lowest BCUT2D eigenvalue weighted by Crippen LogP contribution is -2.06. The van der Waals surface area contributed by atoms with Gasteiger partial charge in [0.2, 0.25) is 5.65 Å². The number of hydrogen-bond acceptors (Lipinski definition) is 4. The first-order valence-electron chi connectivity index (χ1n) is 6.08. The van der Waals surface area contributed by atoms with E-state index in [0.717, 1.165) is 12.1 Å². The Morgan fingerprint density at radius 1 is 1.14 bits per heavy atom. The molecule has 21 heavy (non-hydrogen) atoms. The number of anilines is 1. The number of aromatic nitrogens is 4. The molecule has 0 atom stereocenters. The van der Waals surface area contributed by atoms with Gasteiger partial charge < -0.3 is 5.32 Å². The van der Waals surface area contributed by atoms with Crippen LogP contribution in [0.1, 0.15) is 11.1 Å². The van der Waals surface area contributed by atoms with E-state index < -0.39 is 11.7 Å². The fraction of sp³-hybridized carbons (Fsp3) is 0.154. The summed E-state index contributed by atoms with van der Waals surface area (Å²) in [5, 5.41) is 10.7. The molecule has 2 aromatic heterocycles. The van der Waals surface area contributed by atoms with Gasteiger partial charge in [-0.05, 0) is 17.7 Å². The summed E-state index contributed by atoms with van der Waals surface area (Å²) in [5.74, 6) is 0.523. The molecule has 0 saturated carbocycles. The number of fused-ring (bicyclic) bond motifs is 1. The molecule has 8 heteroatoms. The minimum absolute atomic E-state index is 0.345.